The van der Waals surface area contributed by atoms with Crippen LogP contribution in [-0.4, -0.2) is 53.4 Å². The van der Waals surface area contributed by atoms with Crippen molar-refractivity contribution in [2.75, 3.05) is 26.7 Å². The third-order valence-corrected chi connectivity index (χ3v) is 8.00. The molecule has 3 N–H and O–H groups in total. The van der Waals surface area contributed by atoms with Gasteiger partial charge in [0.25, 0.3) is 0 Å². The average molecular weight is 486 g/mol. The number of nitrogens with one attached hydrogen (secondary N) is 3. The summed E-state index contributed by atoms with van der Waals surface area (Å²) >= 11 is 6.20. The van der Waals surface area contributed by atoms with Gasteiger partial charge in [0.15, 0.2) is 0 Å². The van der Waals surface area contributed by atoms with Crippen LogP contribution < -0.4 is 10.6 Å². The van der Waals surface area contributed by atoms with Crippen molar-refractivity contribution in [1.82, 2.24) is 25.5 Å². The van der Waals surface area contributed by atoms with Crippen LogP contribution in [0.1, 0.15) is 68.8 Å². The van der Waals surface area contributed by atoms with Crippen LogP contribution in [0.15, 0.2) is 24.4 Å². The molecular formula is C26H36ClN5O2. The van der Waals surface area contributed by atoms with E-state index in [4.69, 9.17) is 11.6 Å². The zero-order valence-electron chi connectivity index (χ0n) is 20.3. The van der Waals surface area contributed by atoms with Crippen molar-refractivity contribution < 1.29 is 9.59 Å². The fourth-order valence-electron chi connectivity index (χ4n) is 5.16. The highest BCUT2D eigenvalue weighted by molar-refractivity contribution is 6.31. The maximum absolute atomic E-state index is 13.5. The third kappa shape index (κ3) is 5.63. The summed E-state index contributed by atoms with van der Waals surface area (Å²) in [6.45, 7) is 5.02. The van der Waals surface area contributed by atoms with E-state index >= 15 is 0 Å². The summed E-state index contributed by atoms with van der Waals surface area (Å²) < 4.78 is 0. The number of fused-ring (bicyclic) bond motifs is 3. The minimum atomic E-state index is -0.241. The molecule has 1 aromatic carbocycles. The monoisotopic (exact) mass is 485 g/mol. The number of hydrogen-bond acceptors (Lipinski definition) is 4. The molecule has 3 saturated heterocycles. The molecular weight excluding hydrogens is 450 g/mol. The van der Waals surface area contributed by atoms with Gasteiger partial charge in [-0.1, -0.05) is 30.5 Å². The lowest BCUT2D eigenvalue weighted by molar-refractivity contribution is -0.139. The Bertz CT molecular complexity index is 999. The molecule has 4 heterocycles. The van der Waals surface area contributed by atoms with Gasteiger partial charge in [-0.3, -0.25) is 9.59 Å². The first kappa shape index (κ1) is 24.7. The molecule has 1 aromatic heterocycles. The van der Waals surface area contributed by atoms with Gasteiger partial charge in [-0.25, -0.2) is 4.98 Å². The van der Waals surface area contributed by atoms with Crippen molar-refractivity contribution in [3.63, 3.8) is 0 Å². The SMILES string of the molecule is CNC(=O)CCCCCC(NC(=O)C12CCN(CC1)CC2)c1ncc(-c2ccc(Cl)c(C)c2)[nH]1. The van der Waals surface area contributed by atoms with Crippen LogP contribution in [0.3, 0.4) is 0 Å². The highest BCUT2D eigenvalue weighted by Crippen LogP contribution is 2.41. The largest absolute Gasteiger partial charge is 0.359 e. The van der Waals surface area contributed by atoms with Crippen molar-refractivity contribution in [2.24, 2.45) is 5.41 Å². The Kier molecular flexibility index (Phi) is 7.94. The van der Waals surface area contributed by atoms with Crippen LogP contribution in [0.25, 0.3) is 11.3 Å². The van der Waals surface area contributed by atoms with E-state index < -0.39 is 0 Å². The summed E-state index contributed by atoms with van der Waals surface area (Å²) in [7, 11) is 1.67. The van der Waals surface area contributed by atoms with Gasteiger partial charge < -0.3 is 20.5 Å². The molecule has 3 aliphatic heterocycles. The van der Waals surface area contributed by atoms with Crippen LogP contribution in [0, 0.1) is 12.3 Å². The van der Waals surface area contributed by atoms with Crippen molar-refractivity contribution in [2.45, 2.75) is 64.3 Å². The number of unbranched alkanes of at least 4 members (excludes halogenated alkanes) is 2. The summed E-state index contributed by atoms with van der Waals surface area (Å²) in [5, 5.41) is 6.77. The molecule has 0 spiro atoms. The maximum atomic E-state index is 13.5. The first-order valence-corrected chi connectivity index (χ1v) is 12.8. The van der Waals surface area contributed by atoms with Crippen LogP contribution >= 0.6 is 11.6 Å². The van der Waals surface area contributed by atoms with Crippen molar-refractivity contribution in [3.8, 4) is 11.3 Å². The van der Waals surface area contributed by atoms with Crippen molar-refractivity contribution in [3.05, 3.63) is 40.8 Å². The Balaban J connectivity index is 1.46. The van der Waals surface area contributed by atoms with Gasteiger partial charge >= 0.3 is 0 Å². The average Bonchev–Trinajstić information content (AvgIpc) is 3.36. The number of piperidine rings is 3. The zero-order chi connectivity index (χ0) is 24.1. The number of imidazole rings is 1. The number of carbonyl (C=O) groups is 2. The summed E-state index contributed by atoms with van der Waals surface area (Å²) in [4.78, 5) is 35.6. The number of rotatable bonds is 10. The number of halogens is 1. The van der Waals surface area contributed by atoms with E-state index in [-0.39, 0.29) is 23.3 Å². The molecule has 1 unspecified atom stereocenters. The first-order valence-electron chi connectivity index (χ1n) is 12.5. The van der Waals surface area contributed by atoms with E-state index in [2.05, 4.69) is 25.5 Å². The quantitative estimate of drug-likeness (QED) is 0.435. The van der Waals surface area contributed by atoms with Gasteiger partial charge in [0, 0.05) is 18.5 Å². The van der Waals surface area contributed by atoms with E-state index in [1.165, 1.54) is 0 Å². The number of amides is 2. The molecule has 5 rings (SSSR count). The molecule has 8 heteroatoms. The van der Waals surface area contributed by atoms with E-state index in [9.17, 15) is 9.59 Å². The minimum Gasteiger partial charge on any atom is -0.359 e. The molecule has 3 fully saturated rings. The Morgan fingerprint density at radius 3 is 2.59 bits per heavy atom. The highest BCUT2D eigenvalue weighted by Gasteiger charge is 2.45. The number of hydrogen-bond donors (Lipinski definition) is 3. The van der Waals surface area contributed by atoms with Gasteiger partial charge in [0.05, 0.1) is 23.3 Å². The van der Waals surface area contributed by atoms with Crippen molar-refractivity contribution in [1.29, 1.82) is 0 Å². The molecule has 2 amide bonds. The predicted octanol–water partition coefficient (Wildman–Crippen LogP) is 4.38. The summed E-state index contributed by atoms with van der Waals surface area (Å²) in [5.74, 6) is 1.02. The second-order valence-electron chi connectivity index (χ2n) is 9.82. The Hall–Kier alpha value is -2.38. The first-order chi connectivity index (χ1) is 16.4. The van der Waals surface area contributed by atoms with Gasteiger partial charge in [-0.2, -0.15) is 0 Å². The summed E-state index contributed by atoms with van der Waals surface area (Å²) in [6, 6.07) is 5.74. The van der Waals surface area contributed by atoms with Crippen LogP contribution in [0.4, 0.5) is 0 Å². The summed E-state index contributed by atoms with van der Waals surface area (Å²) in [6.07, 6.45) is 8.65. The van der Waals surface area contributed by atoms with Gasteiger partial charge in [0.1, 0.15) is 5.82 Å². The molecule has 1 atom stereocenters. The predicted molar refractivity (Wildman–Crippen MR) is 135 cm³/mol. The lowest BCUT2D eigenvalue weighted by atomic mass is 9.71. The topological polar surface area (TPSA) is 90.1 Å². The third-order valence-electron chi connectivity index (χ3n) is 7.58. The second kappa shape index (κ2) is 10.9. The smallest absolute Gasteiger partial charge is 0.226 e. The maximum Gasteiger partial charge on any atom is 0.226 e. The molecule has 2 aromatic rings. The molecule has 3 aliphatic rings. The number of aryl methyl sites for hydroxylation is 1. The van der Waals surface area contributed by atoms with Crippen molar-refractivity contribution >= 4 is 23.4 Å². The molecule has 184 valence electrons. The van der Waals surface area contributed by atoms with E-state index in [0.717, 1.165) is 92.2 Å². The molecule has 7 nitrogen and oxygen atoms in total. The van der Waals surface area contributed by atoms with E-state index in [1.54, 1.807) is 7.05 Å². The lowest BCUT2D eigenvalue weighted by Gasteiger charge is -2.47. The molecule has 2 bridgehead atoms. The number of aromatic nitrogens is 2. The molecule has 0 radical (unpaired) electrons. The van der Waals surface area contributed by atoms with E-state index in [1.807, 2.05) is 31.3 Å². The molecule has 34 heavy (non-hydrogen) atoms. The lowest BCUT2D eigenvalue weighted by Crippen LogP contribution is -2.55. The van der Waals surface area contributed by atoms with Gasteiger partial charge in [0.2, 0.25) is 11.8 Å². The van der Waals surface area contributed by atoms with Crippen LogP contribution in [0.5, 0.6) is 0 Å². The minimum absolute atomic E-state index is 0.0709. The standard InChI is InChI=1S/C26H36ClN5O2/c1-18-16-19(8-9-20(18)27)22-17-29-24(30-22)21(6-4-3-5-7-23(33)28-2)31-25(34)26-10-13-32(14-11-26)15-12-26/h8-9,16-17,21H,3-7,10-15H2,1-2H3,(H,28,33)(H,29,30)(H,31,34). The Morgan fingerprint density at radius 1 is 1.18 bits per heavy atom. The van der Waals surface area contributed by atoms with Crippen LogP contribution in [0.2, 0.25) is 5.02 Å². The summed E-state index contributed by atoms with van der Waals surface area (Å²) in [5.41, 5.74) is 2.71. The van der Waals surface area contributed by atoms with Crippen LogP contribution in [-0.2, 0) is 9.59 Å². The van der Waals surface area contributed by atoms with E-state index in [0.29, 0.717) is 6.42 Å². The molecule has 0 saturated carbocycles. The Morgan fingerprint density at radius 2 is 1.91 bits per heavy atom. The molecule has 0 aliphatic carbocycles. The fraction of sp³-hybridized carbons (Fsp3) is 0.577. The Labute approximate surface area is 207 Å². The fourth-order valence-corrected chi connectivity index (χ4v) is 5.28. The normalized spacial score (nSPS) is 22.4. The van der Waals surface area contributed by atoms with Gasteiger partial charge in [-0.05, 0) is 81.9 Å². The zero-order valence-corrected chi connectivity index (χ0v) is 21.0. The number of carbonyl (C=O) groups excluding carboxylic acids is 2. The number of H-pyrrole nitrogens is 1. The van der Waals surface area contributed by atoms with Gasteiger partial charge in [-0.15, -0.1) is 0 Å². The number of nitrogens with zero attached hydrogens (tertiary/aromatic N) is 2. The number of benzene rings is 1. The highest BCUT2D eigenvalue weighted by atomic mass is 35.5. The number of aromatic amines is 1. The second-order valence-corrected chi connectivity index (χ2v) is 10.2.